The molecule has 0 spiro atoms. The third kappa shape index (κ3) is 2.06. The van der Waals surface area contributed by atoms with Crippen molar-refractivity contribution in [1.82, 2.24) is 5.32 Å². The fourth-order valence-electron chi connectivity index (χ4n) is 1.63. The molecule has 1 fully saturated rings. The van der Waals surface area contributed by atoms with E-state index in [1.165, 1.54) is 6.92 Å². The van der Waals surface area contributed by atoms with Crippen molar-refractivity contribution < 1.29 is 9.59 Å². The highest BCUT2D eigenvalue weighted by molar-refractivity contribution is 6.35. The molecule has 0 saturated heterocycles. The zero-order chi connectivity index (χ0) is 9.14. The average Bonchev–Trinajstić information content (AvgIpc) is 2.36. The first kappa shape index (κ1) is 9.23. The molecule has 12 heavy (non-hydrogen) atoms. The van der Waals surface area contributed by atoms with E-state index in [9.17, 15) is 9.59 Å². The minimum Gasteiger partial charge on any atom is -0.347 e. The summed E-state index contributed by atoms with van der Waals surface area (Å²) in [6.07, 6.45) is 3.33. The number of Topliss-reactive ketones (excluding diaryl/α,β-unsaturated/α-hetero) is 1. The predicted octanol–water partition coefficient (Wildman–Crippen LogP) is 0.880. The van der Waals surface area contributed by atoms with Crippen LogP contribution in [-0.4, -0.2) is 17.7 Å². The topological polar surface area (TPSA) is 46.2 Å². The molecule has 3 nitrogen and oxygen atoms in total. The molecule has 1 amide bonds. The summed E-state index contributed by atoms with van der Waals surface area (Å²) in [5.74, 6) is -0.309. The summed E-state index contributed by atoms with van der Waals surface area (Å²) in [6.45, 7) is 3.41. The molecule has 0 radical (unpaired) electrons. The van der Waals surface area contributed by atoms with Gasteiger partial charge in [0.25, 0.3) is 5.91 Å². The number of ketones is 1. The Kier molecular flexibility index (Phi) is 2.84. The van der Waals surface area contributed by atoms with Crippen molar-refractivity contribution in [1.29, 1.82) is 0 Å². The number of nitrogens with one attached hydrogen (secondary N) is 1. The lowest BCUT2D eigenvalue weighted by molar-refractivity contribution is -0.137. The normalized spacial score (nSPS) is 28.5. The number of amides is 1. The first-order valence-electron chi connectivity index (χ1n) is 4.42. The standard InChI is InChI=1S/C9H15NO2/c1-6-4-3-5-8(6)10-9(12)7(2)11/h6,8H,3-5H2,1-2H3,(H,10,12). The van der Waals surface area contributed by atoms with Crippen LogP contribution in [0.5, 0.6) is 0 Å². The molecule has 1 saturated carbocycles. The zero-order valence-electron chi connectivity index (χ0n) is 7.59. The molecule has 68 valence electrons. The molecule has 1 rings (SSSR count). The van der Waals surface area contributed by atoms with Crippen LogP contribution in [0.2, 0.25) is 0 Å². The minimum absolute atomic E-state index is 0.224. The van der Waals surface area contributed by atoms with Gasteiger partial charge in [-0.15, -0.1) is 0 Å². The maximum atomic E-state index is 11.0. The van der Waals surface area contributed by atoms with E-state index in [0.29, 0.717) is 5.92 Å². The average molecular weight is 169 g/mol. The van der Waals surface area contributed by atoms with Gasteiger partial charge in [0.05, 0.1) is 0 Å². The van der Waals surface area contributed by atoms with Gasteiger partial charge in [0.2, 0.25) is 5.78 Å². The third-order valence-corrected chi connectivity index (χ3v) is 2.50. The fraction of sp³-hybridized carbons (Fsp3) is 0.778. The molecule has 0 aromatic rings. The fourth-order valence-corrected chi connectivity index (χ4v) is 1.63. The highest BCUT2D eigenvalue weighted by atomic mass is 16.2. The maximum Gasteiger partial charge on any atom is 0.287 e. The highest BCUT2D eigenvalue weighted by Crippen LogP contribution is 2.24. The van der Waals surface area contributed by atoms with Gasteiger partial charge in [0, 0.05) is 13.0 Å². The molecule has 3 heteroatoms. The van der Waals surface area contributed by atoms with E-state index in [1.807, 2.05) is 0 Å². The van der Waals surface area contributed by atoms with Crippen LogP contribution in [-0.2, 0) is 9.59 Å². The Morgan fingerprint density at radius 2 is 2.00 bits per heavy atom. The van der Waals surface area contributed by atoms with Crippen LogP contribution >= 0.6 is 0 Å². The molecule has 0 heterocycles. The number of carbonyl (C=O) groups excluding carboxylic acids is 2. The van der Waals surface area contributed by atoms with Crippen LogP contribution in [0.15, 0.2) is 0 Å². The van der Waals surface area contributed by atoms with Crippen LogP contribution in [0.1, 0.15) is 33.1 Å². The van der Waals surface area contributed by atoms with E-state index in [0.717, 1.165) is 19.3 Å². The van der Waals surface area contributed by atoms with Gasteiger partial charge in [-0.05, 0) is 18.8 Å². The Morgan fingerprint density at radius 3 is 2.42 bits per heavy atom. The van der Waals surface area contributed by atoms with Crippen LogP contribution in [0.3, 0.4) is 0 Å². The molecule has 0 aromatic carbocycles. The van der Waals surface area contributed by atoms with Crippen molar-refractivity contribution in [3.63, 3.8) is 0 Å². The van der Waals surface area contributed by atoms with Crippen molar-refractivity contribution in [2.24, 2.45) is 5.92 Å². The smallest absolute Gasteiger partial charge is 0.287 e. The van der Waals surface area contributed by atoms with Gasteiger partial charge in [0.1, 0.15) is 0 Å². The van der Waals surface area contributed by atoms with Crippen molar-refractivity contribution in [2.75, 3.05) is 0 Å². The lowest BCUT2D eigenvalue weighted by Crippen LogP contribution is -2.39. The molecular weight excluding hydrogens is 154 g/mol. The van der Waals surface area contributed by atoms with E-state index in [-0.39, 0.29) is 6.04 Å². The van der Waals surface area contributed by atoms with E-state index in [2.05, 4.69) is 12.2 Å². The van der Waals surface area contributed by atoms with Crippen molar-refractivity contribution >= 4 is 11.7 Å². The summed E-state index contributed by atoms with van der Waals surface area (Å²) < 4.78 is 0. The van der Waals surface area contributed by atoms with Gasteiger partial charge in [-0.1, -0.05) is 13.3 Å². The Morgan fingerprint density at radius 1 is 1.33 bits per heavy atom. The van der Waals surface area contributed by atoms with E-state index in [4.69, 9.17) is 0 Å². The van der Waals surface area contributed by atoms with Gasteiger partial charge in [-0.2, -0.15) is 0 Å². The molecule has 2 atom stereocenters. The minimum atomic E-state index is -0.436. The maximum absolute atomic E-state index is 11.0. The van der Waals surface area contributed by atoms with Gasteiger partial charge < -0.3 is 5.32 Å². The predicted molar refractivity (Wildman–Crippen MR) is 45.6 cm³/mol. The van der Waals surface area contributed by atoms with E-state index < -0.39 is 11.7 Å². The summed E-state index contributed by atoms with van der Waals surface area (Å²) in [5, 5.41) is 2.74. The van der Waals surface area contributed by atoms with Gasteiger partial charge in [0.15, 0.2) is 0 Å². The lowest BCUT2D eigenvalue weighted by atomic mass is 10.1. The molecular formula is C9H15NO2. The Bertz CT molecular complexity index is 201. The summed E-state index contributed by atoms with van der Waals surface area (Å²) in [7, 11) is 0. The molecule has 0 bridgehead atoms. The van der Waals surface area contributed by atoms with Crippen molar-refractivity contribution in [3.05, 3.63) is 0 Å². The quantitative estimate of drug-likeness (QED) is 0.624. The van der Waals surface area contributed by atoms with Crippen molar-refractivity contribution in [3.8, 4) is 0 Å². The Balaban J connectivity index is 2.40. The molecule has 0 aromatic heterocycles. The van der Waals surface area contributed by atoms with Crippen molar-refractivity contribution in [2.45, 2.75) is 39.2 Å². The highest BCUT2D eigenvalue weighted by Gasteiger charge is 2.25. The number of hydrogen-bond donors (Lipinski definition) is 1. The first-order valence-corrected chi connectivity index (χ1v) is 4.42. The monoisotopic (exact) mass is 169 g/mol. The summed E-state index contributed by atoms with van der Waals surface area (Å²) in [4.78, 5) is 21.6. The second kappa shape index (κ2) is 3.70. The second-order valence-electron chi connectivity index (χ2n) is 3.54. The van der Waals surface area contributed by atoms with Gasteiger partial charge >= 0.3 is 0 Å². The second-order valence-corrected chi connectivity index (χ2v) is 3.54. The van der Waals surface area contributed by atoms with E-state index in [1.54, 1.807) is 0 Å². The van der Waals surface area contributed by atoms with Gasteiger partial charge in [-0.25, -0.2) is 0 Å². The first-order chi connectivity index (χ1) is 5.61. The summed E-state index contributed by atoms with van der Waals surface area (Å²) in [6, 6.07) is 0.224. The summed E-state index contributed by atoms with van der Waals surface area (Å²) >= 11 is 0. The Labute approximate surface area is 72.5 Å². The summed E-state index contributed by atoms with van der Waals surface area (Å²) in [5.41, 5.74) is 0. The molecule has 2 unspecified atom stereocenters. The number of carbonyl (C=O) groups is 2. The molecule has 1 aliphatic carbocycles. The lowest BCUT2D eigenvalue weighted by Gasteiger charge is -2.15. The van der Waals surface area contributed by atoms with Crippen LogP contribution in [0.4, 0.5) is 0 Å². The number of rotatable bonds is 2. The molecule has 1 N–H and O–H groups in total. The largest absolute Gasteiger partial charge is 0.347 e. The third-order valence-electron chi connectivity index (χ3n) is 2.50. The molecule has 0 aliphatic heterocycles. The molecule has 1 aliphatic rings. The zero-order valence-corrected chi connectivity index (χ0v) is 7.59. The van der Waals surface area contributed by atoms with Crippen LogP contribution < -0.4 is 5.32 Å². The number of hydrogen-bond acceptors (Lipinski definition) is 2. The van der Waals surface area contributed by atoms with Crippen LogP contribution in [0.25, 0.3) is 0 Å². The Hall–Kier alpha value is -0.860. The van der Waals surface area contributed by atoms with Crippen LogP contribution in [0, 0.1) is 5.92 Å². The van der Waals surface area contributed by atoms with Gasteiger partial charge in [-0.3, -0.25) is 9.59 Å². The van der Waals surface area contributed by atoms with E-state index >= 15 is 0 Å². The SMILES string of the molecule is CC(=O)C(=O)NC1CCCC1C.